The summed E-state index contributed by atoms with van der Waals surface area (Å²) in [5.41, 5.74) is 1.07. The predicted octanol–water partition coefficient (Wildman–Crippen LogP) is 1.11. The SMILES string of the molecule is CCc1cc(SCCN2CCOCC2)n2ncnc2n1. The maximum absolute atomic E-state index is 5.36. The molecule has 0 aromatic carbocycles. The van der Waals surface area contributed by atoms with Gasteiger partial charge in [-0.3, -0.25) is 4.90 Å². The fraction of sp³-hybridized carbons (Fsp3) is 0.615. The van der Waals surface area contributed by atoms with E-state index in [4.69, 9.17) is 4.74 Å². The highest BCUT2D eigenvalue weighted by Crippen LogP contribution is 2.19. The van der Waals surface area contributed by atoms with Crippen molar-refractivity contribution in [1.29, 1.82) is 0 Å². The molecular weight excluding hydrogens is 274 g/mol. The molecule has 0 bridgehead atoms. The molecule has 0 radical (unpaired) electrons. The van der Waals surface area contributed by atoms with Gasteiger partial charge in [-0.05, 0) is 12.5 Å². The molecule has 1 aliphatic heterocycles. The van der Waals surface area contributed by atoms with Crippen LogP contribution in [0.1, 0.15) is 12.6 Å². The molecule has 2 aromatic rings. The molecular formula is C13H19N5OS. The molecule has 1 saturated heterocycles. The third-order valence-corrected chi connectivity index (χ3v) is 4.37. The van der Waals surface area contributed by atoms with Crippen LogP contribution in [0.15, 0.2) is 17.4 Å². The average Bonchev–Trinajstić information content (AvgIpc) is 2.96. The van der Waals surface area contributed by atoms with Gasteiger partial charge in [0.25, 0.3) is 5.78 Å². The van der Waals surface area contributed by atoms with Crippen molar-refractivity contribution in [3.05, 3.63) is 18.1 Å². The van der Waals surface area contributed by atoms with E-state index in [1.165, 1.54) is 0 Å². The van der Waals surface area contributed by atoms with Crippen LogP contribution in [-0.4, -0.2) is 63.1 Å². The minimum atomic E-state index is 0.693. The summed E-state index contributed by atoms with van der Waals surface area (Å²) in [4.78, 5) is 11.1. The van der Waals surface area contributed by atoms with E-state index < -0.39 is 0 Å². The molecule has 1 fully saturated rings. The Morgan fingerprint density at radius 1 is 1.35 bits per heavy atom. The van der Waals surface area contributed by atoms with Crippen molar-refractivity contribution in [3.63, 3.8) is 0 Å². The normalized spacial score (nSPS) is 16.9. The van der Waals surface area contributed by atoms with Crippen molar-refractivity contribution < 1.29 is 4.74 Å². The summed E-state index contributed by atoms with van der Waals surface area (Å²) >= 11 is 1.82. The standard InChI is InChI=1S/C13H19N5OS/c1-2-11-9-12(18-13(16-11)14-10-15-18)20-8-5-17-3-6-19-7-4-17/h9-10H,2-8H2,1H3. The molecule has 3 heterocycles. The van der Waals surface area contributed by atoms with Crippen LogP contribution in [0.2, 0.25) is 0 Å². The molecule has 0 saturated carbocycles. The molecule has 0 unspecified atom stereocenters. The van der Waals surface area contributed by atoms with Crippen molar-refractivity contribution in [2.75, 3.05) is 38.6 Å². The molecule has 7 heteroatoms. The Kier molecular flexibility index (Phi) is 4.49. The fourth-order valence-corrected chi connectivity index (χ4v) is 3.25. The Morgan fingerprint density at radius 2 is 2.20 bits per heavy atom. The lowest BCUT2D eigenvalue weighted by Gasteiger charge is -2.26. The zero-order valence-corrected chi connectivity index (χ0v) is 12.5. The Bertz CT molecular complexity index is 567. The number of aryl methyl sites for hydroxylation is 1. The Labute approximate surface area is 122 Å². The minimum Gasteiger partial charge on any atom is -0.379 e. The van der Waals surface area contributed by atoms with Crippen molar-refractivity contribution in [2.45, 2.75) is 18.4 Å². The van der Waals surface area contributed by atoms with Gasteiger partial charge in [-0.2, -0.15) is 14.6 Å². The summed E-state index contributed by atoms with van der Waals surface area (Å²) in [5, 5.41) is 5.37. The first-order chi connectivity index (χ1) is 9.86. The fourth-order valence-electron chi connectivity index (χ4n) is 2.22. The zero-order valence-electron chi connectivity index (χ0n) is 11.7. The van der Waals surface area contributed by atoms with Gasteiger partial charge in [0.15, 0.2) is 0 Å². The monoisotopic (exact) mass is 293 g/mol. The van der Waals surface area contributed by atoms with Crippen LogP contribution in [0.5, 0.6) is 0 Å². The van der Waals surface area contributed by atoms with E-state index in [1.54, 1.807) is 6.33 Å². The molecule has 6 nitrogen and oxygen atoms in total. The molecule has 3 rings (SSSR count). The molecule has 1 aliphatic rings. The van der Waals surface area contributed by atoms with E-state index >= 15 is 0 Å². The van der Waals surface area contributed by atoms with Gasteiger partial charge in [0.05, 0.1) is 13.2 Å². The number of aromatic nitrogens is 4. The summed E-state index contributed by atoms with van der Waals surface area (Å²) in [5.74, 6) is 1.74. The van der Waals surface area contributed by atoms with Gasteiger partial charge in [0.1, 0.15) is 11.4 Å². The van der Waals surface area contributed by atoms with E-state index in [0.29, 0.717) is 5.78 Å². The second-order valence-corrected chi connectivity index (χ2v) is 5.83. The van der Waals surface area contributed by atoms with Gasteiger partial charge in [-0.25, -0.2) is 4.98 Å². The van der Waals surface area contributed by atoms with E-state index in [-0.39, 0.29) is 0 Å². The maximum atomic E-state index is 5.36. The first-order valence-corrected chi connectivity index (χ1v) is 7.98. The molecule has 0 N–H and O–H groups in total. The largest absolute Gasteiger partial charge is 0.379 e. The smallest absolute Gasteiger partial charge is 0.253 e. The van der Waals surface area contributed by atoms with Gasteiger partial charge in [-0.15, -0.1) is 11.8 Å². The molecule has 0 amide bonds. The number of morpholine rings is 1. The molecule has 0 atom stereocenters. The van der Waals surface area contributed by atoms with Crippen LogP contribution < -0.4 is 0 Å². The van der Waals surface area contributed by atoms with Crippen LogP contribution >= 0.6 is 11.8 Å². The van der Waals surface area contributed by atoms with Crippen molar-refractivity contribution in [3.8, 4) is 0 Å². The lowest BCUT2D eigenvalue weighted by atomic mass is 10.3. The van der Waals surface area contributed by atoms with Crippen molar-refractivity contribution in [1.82, 2.24) is 24.5 Å². The first kappa shape index (κ1) is 13.8. The number of hydrogen-bond donors (Lipinski definition) is 0. The van der Waals surface area contributed by atoms with Gasteiger partial charge in [0.2, 0.25) is 0 Å². The van der Waals surface area contributed by atoms with E-state index in [0.717, 1.165) is 55.7 Å². The highest BCUT2D eigenvalue weighted by molar-refractivity contribution is 7.99. The molecule has 108 valence electrons. The zero-order chi connectivity index (χ0) is 13.8. The van der Waals surface area contributed by atoms with Crippen molar-refractivity contribution >= 4 is 17.5 Å². The van der Waals surface area contributed by atoms with Crippen LogP contribution in [0.3, 0.4) is 0 Å². The van der Waals surface area contributed by atoms with E-state index in [2.05, 4.69) is 33.0 Å². The third kappa shape index (κ3) is 3.11. The van der Waals surface area contributed by atoms with Crippen LogP contribution in [0.4, 0.5) is 0 Å². The lowest BCUT2D eigenvalue weighted by Crippen LogP contribution is -2.37. The number of fused-ring (bicyclic) bond motifs is 1. The molecule has 2 aromatic heterocycles. The van der Waals surface area contributed by atoms with Gasteiger partial charge in [-0.1, -0.05) is 6.92 Å². The molecule has 0 aliphatic carbocycles. The number of nitrogens with zero attached hydrogens (tertiary/aromatic N) is 5. The molecule has 0 spiro atoms. The predicted molar refractivity (Wildman–Crippen MR) is 78.1 cm³/mol. The summed E-state index contributed by atoms with van der Waals surface area (Å²) in [6, 6.07) is 2.12. The average molecular weight is 293 g/mol. The Morgan fingerprint density at radius 3 is 3.00 bits per heavy atom. The van der Waals surface area contributed by atoms with Gasteiger partial charge >= 0.3 is 0 Å². The van der Waals surface area contributed by atoms with E-state index in [1.807, 2.05) is 16.3 Å². The highest BCUT2D eigenvalue weighted by atomic mass is 32.2. The number of hydrogen-bond acceptors (Lipinski definition) is 6. The number of thioether (sulfide) groups is 1. The third-order valence-electron chi connectivity index (χ3n) is 3.40. The van der Waals surface area contributed by atoms with Crippen LogP contribution in [0.25, 0.3) is 5.78 Å². The van der Waals surface area contributed by atoms with Crippen LogP contribution in [0, 0.1) is 0 Å². The number of ether oxygens (including phenoxy) is 1. The second kappa shape index (κ2) is 6.51. The van der Waals surface area contributed by atoms with Gasteiger partial charge in [0, 0.05) is 31.1 Å². The molecule has 20 heavy (non-hydrogen) atoms. The first-order valence-electron chi connectivity index (χ1n) is 6.99. The summed E-state index contributed by atoms with van der Waals surface area (Å²) in [7, 11) is 0. The maximum Gasteiger partial charge on any atom is 0.253 e. The summed E-state index contributed by atoms with van der Waals surface area (Å²) < 4.78 is 7.19. The number of rotatable bonds is 5. The Hall–Kier alpha value is -1.18. The van der Waals surface area contributed by atoms with Gasteiger partial charge < -0.3 is 4.74 Å². The van der Waals surface area contributed by atoms with E-state index in [9.17, 15) is 0 Å². The summed E-state index contributed by atoms with van der Waals surface area (Å²) in [6.45, 7) is 6.97. The highest BCUT2D eigenvalue weighted by Gasteiger charge is 2.11. The minimum absolute atomic E-state index is 0.693. The Balaban J connectivity index is 1.65. The lowest BCUT2D eigenvalue weighted by molar-refractivity contribution is 0.0410. The van der Waals surface area contributed by atoms with Crippen molar-refractivity contribution in [2.24, 2.45) is 0 Å². The topological polar surface area (TPSA) is 55.6 Å². The quantitative estimate of drug-likeness (QED) is 0.608. The summed E-state index contributed by atoms with van der Waals surface area (Å²) in [6.07, 6.45) is 2.48. The second-order valence-electron chi connectivity index (χ2n) is 4.71. The van der Waals surface area contributed by atoms with Crippen LogP contribution in [-0.2, 0) is 11.2 Å².